The molecule has 24 heavy (non-hydrogen) atoms. The second-order valence-corrected chi connectivity index (χ2v) is 6.52. The highest BCUT2D eigenvalue weighted by atomic mass is 16.1. The maximum absolute atomic E-state index is 12.5. The van der Waals surface area contributed by atoms with E-state index in [4.69, 9.17) is 0 Å². The summed E-state index contributed by atoms with van der Waals surface area (Å²) in [6.07, 6.45) is 11.2. The zero-order valence-corrected chi connectivity index (χ0v) is 13.8. The number of hydrogen-bond donors (Lipinski definition) is 1. The molecule has 0 radical (unpaired) electrons. The molecule has 3 rings (SSSR count). The standard InChI is InChI=1S/C20H23N3O/c21-13-17-15-23(14-16-7-3-1-4-8-16)12-11-19(17)20(24)22-18-9-5-2-6-10-18/h1,3-4,7-8,11-12,15,18-19H,2,5-6,9-10,14H2,(H,22,24). The lowest BCUT2D eigenvalue weighted by molar-refractivity contribution is -0.123. The summed E-state index contributed by atoms with van der Waals surface area (Å²) in [7, 11) is 0. The van der Waals surface area contributed by atoms with Crippen LogP contribution in [0.25, 0.3) is 0 Å². The van der Waals surface area contributed by atoms with E-state index >= 15 is 0 Å². The normalized spacial score (nSPS) is 21.0. The number of benzene rings is 1. The van der Waals surface area contributed by atoms with Gasteiger partial charge in [0.05, 0.1) is 17.6 Å². The van der Waals surface area contributed by atoms with Gasteiger partial charge in [-0.1, -0.05) is 55.7 Å². The Kier molecular flexibility index (Phi) is 5.32. The molecule has 1 fully saturated rings. The number of carbonyl (C=O) groups excluding carboxylic acids is 1. The number of rotatable bonds is 4. The second-order valence-electron chi connectivity index (χ2n) is 6.52. The Balaban J connectivity index is 1.63. The van der Waals surface area contributed by atoms with E-state index in [-0.39, 0.29) is 11.9 Å². The summed E-state index contributed by atoms with van der Waals surface area (Å²) in [5.74, 6) is -0.519. The summed E-state index contributed by atoms with van der Waals surface area (Å²) >= 11 is 0. The molecule has 4 nitrogen and oxygen atoms in total. The first-order valence-electron chi connectivity index (χ1n) is 8.66. The first-order valence-corrected chi connectivity index (χ1v) is 8.66. The van der Waals surface area contributed by atoms with Crippen LogP contribution in [-0.2, 0) is 11.3 Å². The van der Waals surface area contributed by atoms with Gasteiger partial charge >= 0.3 is 0 Å². The van der Waals surface area contributed by atoms with Crippen LogP contribution in [0.2, 0.25) is 0 Å². The number of carbonyl (C=O) groups is 1. The van der Waals surface area contributed by atoms with Gasteiger partial charge in [0.25, 0.3) is 0 Å². The van der Waals surface area contributed by atoms with Crippen molar-refractivity contribution in [3.05, 3.63) is 59.9 Å². The average molecular weight is 321 g/mol. The maximum atomic E-state index is 12.5. The fourth-order valence-electron chi connectivity index (χ4n) is 3.36. The Morgan fingerprint density at radius 3 is 2.67 bits per heavy atom. The molecule has 1 aliphatic carbocycles. The van der Waals surface area contributed by atoms with E-state index in [1.165, 1.54) is 24.8 Å². The number of nitrogens with one attached hydrogen (secondary N) is 1. The molecule has 1 aromatic carbocycles. The van der Waals surface area contributed by atoms with Crippen molar-refractivity contribution in [1.82, 2.24) is 10.2 Å². The van der Waals surface area contributed by atoms with Gasteiger partial charge in [0, 0.05) is 25.0 Å². The van der Waals surface area contributed by atoms with E-state index in [1.54, 1.807) is 6.20 Å². The van der Waals surface area contributed by atoms with Crippen LogP contribution in [0.15, 0.2) is 54.4 Å². The molecule has 1 atom stereocenters. The molecule has 1 saturated carbocycles. The lowest BCUT2D eigenvalue weighted by atomic mass is 9.93. The minimum absolute atomic E-state index is 0.0506. The van der Waals surface area contributed by atoms with Crippen LogP contribution < -0.4 is 5.32 Å². The third-order valence-corrected chi connectivity index (χ3v) is 4.68. The molecule has 1 N–H and O–H groups in total. The SMILES string of the molecule is N#CC1=CN(Cc2ccccc2)C=CC1C(=O)NC1CCCCC1. The van der Waals surface area contributed by atoms with Crippen molar-refractivity contribution in [3.63, 3.8) is 0 Å². The molecule has 1 aromatic rings. The van der Waals surface area contributed by atoms with Gasteiger partial charge in [-0.25, -0.2) is 0 Å². The van der Waals surface area contributed by atoms with Gasteiger partial charge in [-0.15, -0.1) is 0 Å². The zero-order chi connectivity index (χ0) is 16.8. The fourth-order valence-corrected chi connectivity index (χ4v) is 3.36. The van der Waals surface area contributed by atoms with Crippen LogP contribution in [0, 0.1) is 17.2 Å². The quantitative estimate of drug-likeness (QED) is 0.923. The Morgan fingerprint density at radius 2 is 1.96 bits per heavy atom. The van der Waals surface area contributed by atoms with Gasteiger partial charge in [-0.2, -0.15) is 5.26 Å². The van der Waals surface area contributed by atoms with Gasteiger partial charge in [0.1, 0.15) is 0 Å². The average Bonchev–Trinajstić information content (AvgIpc) is 2.63. The molecule has 4 heteroatoms. The topological polar surface area (TPSA) is 56.1 Å². The first kappa shape index (κ1) is 16.3. The van der Waals surface area contributed by atoms with Crippen molar-refractivity contribution in [1.29, 1.82) is 5.26 Å². The van der Waals surface area contributed by atoms with Gasteiger partial charge < -0.3 is 10.2 Å². The smallest absolute Gasteiger partial charge is 0.232 e. The molecular formula is C20H23N3O. The van der Waals surface area contributed by atoms with Crippen molar-refractivity contribution in [2.75, 3.05) is 0 Å². The second kappa shape index (κ2) is 7.83. The van der Waals surface area contributed by atoms with Crippen molar-refractivity contribution in [2.45, 2.75) is 44.7 Å². The van der Waals surface area contributed by atoms with E-state index < -0.39 is 5.92 Å². The minimum Gasteiger partial charge on any atom is -0.353 e. The predicted molar refractivity (Wildman–Crippen MR) is 93.3 cm³/mol. The Labute approximate surface area is 143 Å². The van der Waals surface area contributed by atoms with Crippen LogP contribution in [0.1, 0.15) is 37.7 Å². The van der Waals surface area contributed by atoms with Crippen molar-refractivity contribution >= 4 is 5.91 Å². The lowest BCUT2D eigenvalue weighted by Crippen LogP contribution is -2.40. The molecule has 1 amide bonds. The molecule has 0 saturated heterocycles. The van der Waals surface area contributed by atoms with E-state index in [0.29, 0.717) is 12.1 Å². The van der Waals surface area contributed by atoms with E-state index in [1.807, 2.05) is 35.4 Å². The highest BCUT2D eigenvalue weighted by Crippen LogP contribution is 2.23. The molecule has 0 aromatic heterocycles. The largest absolute Gasteiger partial charge is 0.353 e. The van der Waals surface area contributed by atoms with Crippen LogP contribution in [-0.4, -0.2) is 16.8 Å². The Morgan fingerprint density at radius 1 is 1.21 bits per heavy atom. The summed E-state index contributed by atoms with van der Waals surface area (Å²) in [6.45, 7) is 0.694. The van der Waals surface area contributed by atoms with Crippen molar-refractivity contribution in [2.24, 2.45) is 5.92 Å². The Bertz CT molecular complexity index is 666. The number of nitrogens with zero attached hydrogens (tertiary/aromatic N) is 2. The lowest BCUT2D eigenvalue weighted by Gasteiger charge is -2.27. The fraction of sp³-hybridized carbons (Fsp3) is 0.400. The summed E-state index contributed by atoms with van der Waals surface area (Å²) in [6, 6.07) is 12.5. The van der Waals surface area contributed by atoms with Crippen LogP contribution in [0.4, 0.5) is 0 Å². The van der Waals surface area contributed by atoms with Gasteiger partial charge in [0.2, 0.25) is 5.91 Å². The van der Waals surface area contributed by atoms with E-state index in [9.17, 15) is 10.1 Å². The minimum atomic E-state index is -0.469. The molecule has 1 unspecified atom stereocenters. The molecule has 124 valence electrons. The third kappa shape index (κ3) is 4.05. The summed E-state index contributed by atoms with van der Waals surface area (Å²) in [5.41, 5.74) is 1.67. The molecule has 2 aliphatic rings. The van der Waals surface area contributed by atoms with E-state index in [2.05, 4.69) is 23.5 Å². The molecular weight excluding hydrogens is 298 g/mol. The molecule has 1 heterocycles. The van der Waals surface area contributed by atoms with E-state index in [0.717, 1.165) is 12.8 Å². The highest BCUT2D eigenvalue weighted by molar-refractivity contribution is 5.85. The highest BCUT2D eigenvalue weighted by Gasteiger charge is 2.26. The zero-order valence-electron chi connectivity index (χ0n) is 13.8. The molecule has 1 aliphatic heterocycles. The number of nitriles is 1. The Hall–Kier alpha value is -2.54. The number of amides is 1. The molecule has 0 spiro atoms. The summed E-state index contributed by atoms with van der Waals surface area (Å²) in [5, 5.41) is 12.6. The summed E-state index contributed by atoms with van der Waals surface area (Å²) in [4.78, 5) is 14.5. The summed E-state index contributed by atoms with van der Waals surface area (Å²) < 4.78 is 0. The van der Waals surface area contributed by atoms with Gasteiger partial charge in [-0.3, -0.25) is 4.79 Å². The maximum Gasteiger partial charge on any atom is 0.232 e. The predicted octanol–water partition coefficient (Wildman–Crippen LogP) is 3.49. The van der Waals surface area contributed by atoms with Crippen LogP contribution in [0.3, 0.4) is 0 Å². The van der Waals surface area contributed by atoms with Gasteiger partial charge in [0.15, 0.2) is 0 Å². The monoisotopic (exact) mass is 321 g/mol. The number of hydrogen-bond acceptors (Lipinski definition) is 3. The molecule has 0 bridgehead atoms. The van der Waals surface area contributed by atoms with Crippen LogP contribution >= 0.6 is 0 Å². The first-order chi connectivity index (χ1) is 11.8. The van der Waals surface area contributed by atoms with Gasteiger partial charge in [-0.05, 0) is 18.4 Å². The van der Waals surface area contributed by atoms with Crippen LogP contribution in [0.5, 0.6) is 0 Å². The third-order valence-electron chi connectivity index (χ3n) is 4.68. The van der Waals surface area contributed by atoms with Crippen molar-refractivity contribution in [3.8, 4) is 6.07 Å². The van der Waals surface area contributed by atoms with Crippen molar-refractivity contribution < 1.29 is 4.79 Å².